The number of ether oxygens (including phenoxy) is 1. The van der Waals surface area contributed by atoms with Crippen molar-refractivity contribution < 1.29 is 9.53 Å². The van der Waals surface area contributed by atoms with Gasteiger partial charge in [-0.25, -0.2) is 0 Å². The number of hydrogen-bond donors (Lipinski definition) is 0. The van der Waals surface area contributed by atoms with Gasteiger partial charge in [-0.2, -0.15) is 0 Å². The lowest BCUT2D eigenvalue weighted by molar-refractivity contribution is -0.131. The summed E-state index contributed by atoms with van der Waals surface area (Å²) in [5, 5.41) is 0. The molecule has 1 aromatic rings. The first kappa shape index (κ1) is 9.69. The summed E-state index contributed by atoms with van der Waals surface area (Å²) in [5.74, 6) is 0.307. The Morgan fingerprint density at radius 3 is 2.27 bits per heavy atom. The lowest BCUT2D eigenvalue weighted by atomic mass is 10.3. The second-order valence-electron chi connectivity index (χ2n) is 1.91. The van der Waals surface area contributed by atoms with Crippen LogP contribution in [0.1, 0.15) is 14.4 Å². The van der Waals surface area contributed by atoms with E-state index >= 15 is 0 Å². The van der Waals surface area contributed by atoms with Gasteiger partial charge in [0.25, 0.3) is 0 Å². The second-order valence-corrected chi connectivity index (χ2v) is 1.91. The molecule has 1 aromatic carbocycles. The molecule has 2 nitrogen and oxygen atoms in total. The van der Waals surface area contributed by atoms with E-state index in [9.17, 15) is 4.79 Å². The molecule has 1 rings (SSSR count). The molecule has 60 valence electrons. The van der Waals surface area contributed by atoms with Crippen LogP contribution in [-0.2, 0) is 4.79 Å². The molecule has 0 saturated heterocycles. The SMILES string of the molecule is C.CC(=O)Oc1ccccc1. The zero-order chi connectivity index (χ0) is 7.40. The summed E-state index contributed by atoms with van der Waals surface area (Å²) in [5.41, 5.74) is 0. The Balaban J connectivity index is 0.000001000. The maximum atomic E-state index is 10.4. The third kappa shape index (κ3) is 3.40. The molecule has 0 fully saturated rings. The maximum Gasteiger partial charge on any atom is 0.308 e. The number of rotatable bonds is 1. The fourth-order valence-electron chi connectivity index (χ4n) is 0.655. The van der Waals surface area contributed by atoms with Crippen LogP contribution >= 0.6 is 0 Å². The van der Waals surface area contributed by atoms with E-state index in [2.05, 4.69) is 0 Å². The molecule has 0 amide bonds. The highest BCUT2D eigenvalue weighted by Gasteiger charge is 1.92. The van der Waals surface area contributed by atoms with Gasteiger partial charge in [-0.05, 0) is 12.1 Å². The van der Waals surface area contributed by atoms with Gasteiger partial charge in [0.1, 0.15) is 5.75 Å². The van der Waals surface area contributed by atoms with Crippen molar-refractivity contribution in [1.82, 2.24) is 0 Å². The van der Waals surface area contributed by atoms with Gasteiger partial charge >= 0.3 is 5.97 Å². The van der Waals surface area contributed by atoms with E-state index in [1.54, 1.807) is 12.1 Å². The summed E-state index contributed by atoms with van der Waals surface area (Å²) < 4.78 is 4.78. The number of para-hydroxylation sites is 1. The van der Waals surface area contributed by atoms with E-state index in [4.69, 9.17) is 4.74 Å². The predicted molar refractivity (Wildman–Crippen MR) is 44.5 cm³/mol. The Hall–Kier alpha value is -1.31. The number of carbonyl (C=O) groups is 1. The average molecular weight is 152 g/mol. The highest BCUT2D eigenvalue weighted by molar-refractivity contribution is 5.69. The minimum absolute atomic E-state index is 0. The Labute approximate surface area is 66.8 Å². The van der Waals surface area contributed by atoms with Crippen LogP contribution in [0.3, 0.4) is 0 Å². The summed E-state index contributed by atoms with van der Waals surface area (Å²) in [6.45, 7) is 1.38. The van der Waals surface area contributed by atoms with E-state index in [-0.39, 0.29) is 13.4 Å². The van der Waals surface area contributed by atoms with E-state index in [1.807, 2.05) is 18.2 Å². The first-order valence-electron chi connectivity index (χ1n) is 3.02. The highest BCUT2D eigenvalue weighted by Crippen LogP contribution is 2.07. The molecule has 0 saturated carbocycles. The summed E-state index contributed by atoms with van der Waals surface area (Å²) in [7, 11) is 0. The monoisotopic (exact) mass is 152 g/mol. The van der Waals surface area contributed by atoms with Crippen LogP contribution in [0, 0.1) is 0 Å². The Kier molecular flexibility index (Phi) is 3.96. The zero-order valence-electron chi connectivity index (χ0n) is 5.70. The first-order valence-corrected chi connectivity index (χ1v) is 3.02. The van der Waals surface area contributed by atoms with Crippen LogP contribution in [0.15, 0.2) is 30.3 Å². The zero-order valence-corrected chi connectivity index (χ0v) is 5.70. The Morgan fingerprint density at radius 1 is 1.27 bits per heavy atom. The van der Waals surface area contributed by atoms with Gasteiger partial charge in [0, 0.05) is 6.92 Å². The number of carbonyl (C=O) groups excluding carboxylic acids is 1. The van der Waals surface area contributed by atoms with Crippen LogP contribution < -0.4 is 4.74 Å². The lowest BCUT2D eigenvalue weighted by Gasteiger charge is -1.97. The van der Waals surface area contributed by atoms with Crippen molar-refractivity contribution in [1.29, 1.82) is 0 Å². The van der Waals surface area contributed by atoms with E-state index in [0.29, 0.717) is 5.75 Å². The van der Waals surface area contributed by atoms with Crippen molar-refractivity contribution in [3.63, 3.8) is 0 Å². The molecule has 0 bridgehead atoms. The van der Waals surface area contributed by atoms with Gasteiger partial charge in [-0.3, -0.25) is 4.79 Å². The number of hydrogen-bond acceptors (Lipinski definition) is 2. The third-order valence-electron chi connectivity index (χ3n) is 1.00. The van der Waals surface area contributed by atoms with Gasteiger partial charge in [-0.1, -0.05) is 25.6 Å². The number of esters is 1. The third-order valence-corrected chi connectivity index (χ3v) is 1.00. The van der Waals surface area contributed by atoms with Crippen LogP contribution in [0.25, 0.3) is 0 Å². The van der Waals surface area contributed by atoms with Crippen molar-refractivity contribution in [3.05, 3.63) is 30.3 Å². The molecule has 0 unspecified atom stereocenters. The first-order chi connectivity index (χ1) is 4.79. The van der Waals surface area contributed by atoms with Crippen molar-refractivity contribution in [2.75, 3.05) is 0 Å². The maximum absolute atomic E-state index is 10.4. The molecule has 0 aromatic heterocycles. The van der Waals surface area contributed by atoms with Crippen molar-refractivity contribution in [2.24, 2.45) is 0 Å². The minimum Gasteiger partial charge on any atom is -0.427 e. The summed E-state index contributed by atoms with van der Waals surface area (Å²) >= 11 is 0. The number of benzene rings is 1. The van der Waals surface area contributed by atoms with Crippen LogP contribution in [0.4, 0.5) is 0 Å². The summed E-state index contributed by atoms with van der Waals surface area (Å²) in [6, 6.07) is 8.98. The fourth-order valence-corrected chi connectivity index (χ4v) is 0.655. The van der Waals surface area contributed by atoms with Gasteiger partial charge in [-0.15, -0.1) is 0 Å². The van der Waals surface area contributed by atoms with E-state index in [1.165, 1.54) is 6.92 Å². The normalized spacial score (nSPS) is 8.09. The van der Waals surface area contributed by atoms with Crippen molar-refractivity contribution in [2.45, 2.75) is 14.4 Å². The highest BCUT2D eigenvalue weighted by atomic mass is 16.5. The van der Waals surface area contributed by atoms with E-state index < -0.39 is 0 Å². The quantitative estimate of drug-likeness (QED) is 0.455. The molecule has 0 radical (unpaired) electrons. The Morgan fingerprint density at radius 2 is 1.82 bits per heavy atom. The van der Waals surface area contributed by atoms with Crippen LogP contribution in [0.2, 0.25) is 0 Å². The van der Waals surface area contributed by atoms with Gasteiger partial charge < -0.3 is 4.74 Å². The molecule has 0 aliphatic heterocycles. The standard InChI is InChI=1S/C8H8O2.CH4/c1-7(9)10-8-5-3-2-4-6-8;/h2-6H,1H3;1H4. The van der Waals surface area contributed by atoms with Crippen LogP contribution in [-0.4, -0.2) is 5.97 Å². The molecule has 0 N–H and O–H groups in total. The van der Waals surface area contributed by atoms with Crippen molar-refractivity contribution >= 4 is 5.97 Å². The van der Waals surface area contributed by atoms with Gasteiger partial charge in [0.2, 0.25) is 0 Å². The van der Waals surface area contributed by atoms with E-state index in [0.717, 1.165) is 0 Å². The van der Waals surface area contributed by atoms with Gasteiger partial charge in [0.05, 0.1) is 0 Å². The Bertz CT molecular complexity index is 216. The molecule has 11 heavy (non-hydrogen) atoms. The predicted octanol–water partition coefficient (Wildman–Crippen LogP) is 2.25. The second kappa shape index (κ2) is 4.50. The average Bonchev–Trinajstić information content (AvgIpc) is 1.88. The molecule has 2 heteroatoms. The molecular formula is C9H12O2. The summed E-state index contributed by atoms with van der Waals surface area (Å²) in [6.07, 6.45) is 0. The van der Waals surface area contributed by atoms with Crippen molar-refractivity contribution in [3.8, 4) is 5.75 Å². The smallest absolute Gasteiger partial charge is 0.308 e. The molecule has 0 atom stereocenters. The van der Waals surface area contributed by atoms with Crippen LogP contribution in [0.5, 0.6) is 5.75 Å². The minimum atomic E-state index is -0.286. The lowest BCUT2D eigenvalue weighted by Crippen LogP contribution is -2.00. The molecule has 0 aliphatic rings. The fraction of sp³-hybridized carbons (Fsp3) is 0.222. The molecule has 0 heterocycles. The molecule has 0 spiro atoms. The largest absolute Gasteiger partial charge is 0.427 e. The topological polar surface area (TPSA) is 26.3 Å². The summed E-state index contributed by atoms with van der Waals surface area (Å²) in [4.78, 5) is 10.4. The molecular weight excluding hydrogens is 140 g/mol. The van der Waals surface area contributed by atoms with Gasteiger partial charge in [0.15, 0.2) is 0 Å². The molecule has 0 aliphatic carbocycles.